The molecule has 0 atom stereocenters. The van der Waals surface area contributed by atoms with Gasteiger partial charge in [0.15, 0.2) is 0 Å². The zero-order chi connectivity index (χ0) is 31.5. The Hall–Kier alpha value is -4.63. The minimum atomic E-state index is -5.08. The molecule has 0 radical (unpaired) electrons. The van der Waals surface area contributed by atoms with Gasteiger partial charge in [0.05, 0.1) is 18.6 Å². The predicted octanol–water partition coefficient (Wildman–Crippen LogP) is 3.37. The topological polar surface area (TPSA) is 186 Å². The van der Waals surface area contributed by atoms with Crippen LogP contribution in [0.1, 0.15) is 12.0 Å². The van der Waals surface area contributed by atoms with Gasteiger partial charge in [0.1, 0.15) is 18.1 Å². The number of aliphatic carboxylic acids is 1. The van der Waals surface area contributed by atoms with Crippen molar-refractivity contribution in [2.75, 3.05) is 31.7 Å². The Morgan fingerprint density at radius 3 is 2.19 bits per heavy atom. The number of nitrogen functional groups attached to an aromatic ring is 1. The normalized spacial score (nSPS) is 11.1. The van der Waals surface area contributed by atoms with Crippen LogP contribution in [0.4, 0.5) is 18.9 Å². The molecule has 0 spiro atoms. The maximum atomic E-state index is 11.9. The highest BCUT2D eigenvalue weighted by atomic mass is 32.2. The molecule has 6 N–H and O–H groups in total. The number of rotatable bonds is 11. The molecule has 0 amide bonds. The molecule has 0 aliphatic carbocycles. The first-order valence-corrected chi connectivity index (χ1v) is 13.6. The van der Waals surface area contributed by atoms with Crippen LogP contribution in [0.25, 0.3) is 11.1 Å². The predicted molar refractivity (Wildman–Crippen MR) is 149 cm³/mol. The molecule has 0 fully saturated rings. The van der Waals surface area contributed by atoms with Crippen LogP contribution >= 0.6 is 0 Å². The third-order valence-electron chi connectivity index (χ3n) is 5.51. The van der Waals surface area contributed by atoms with Crippen LogP contribution < -0.4 is 20.5 Å². The van der Waals surface area contributed by atoms with Crippen LogP contribution in [-0.4, -0.2) is 64.3 Å². The van der Waals surface area contributed by atoms with E-state index in [2.05, 4.69) is 0 Å². The average molecular weight is 611 g/mol. The molecule has 0 bridgehead atoms. The summed E-state index contributed by atoms with van der Waals surface area (Å²) in [5.74, 6) is -2.56. The Balaban J connectivity index is 0.000000782. The first-order valence-electron chi connectivity index (χ1n) is 12.0. The molecule has 42 heavy (non-hydrogen) atoms. The molecule has 0 aliphatic rings. The summed E-state index contributed by atoms with van der Waals surface area (Å²) >= 11 is 0. The lowest BCUT2D eigenvalue weighted by Crippen LogP contribution is -2.32. The molecular formula is C27H29F3N4O7S. The van der Waals surface area contributed by atoms with Crippen molar-refractivity contribution >= 4 is 33.5 Å². The molecule has 3 aromatic rings. The number of primary sulfonamides is 1. The largest absolute Gasteiger partial charge is 0.494 e. The smallest absolute Gasteiger partial charge is 0.490 e. The van der Waals surface area contributed by atoms with Gasteiger partial charge in [-0.25, -0.2) is 18.4 Å². The van der Waals surface area contributed by atoms with Gasteiger partial charge in [0, 0.05) is 23.4 Å². The molecule has 11 nitrogen and oxygen atoms in total. The Morgan fingerprint density at radius 2 is 1.64 bits per heavy atom. The number of halogens is 3. The molecule has 0 unspecified atom stereocenters. The number of carbonyl (C=O) groups is 2. The fourth-order valence-corrected chi connectivity index (χ4v) is 4.28. The molecular weight excluding hydrogens is 581 g/mol. The van der Waals surface area contributed by atoms with Gasteiger partial charge in [-0.05, 0) is 42.3 Å². The number of carbonyl (C=O) groups excluding carboxylic acids is 1. The van der Waals surface area contributed by atoms with E-state index in [4.69, 9.17) is 35.7 Å². The molecule has 3 aromatic carbocycles. The van der Waals surface area contributed by atoms with Crippen LogP contribution in [0.15, 0.2) is 77.7 Å². The number of esters is 1. The minimum absolute atomic E-state index is 0.0516. The molecule has 15 heteroatoms. The van der Waals surface area contributed by atoms with Crippen molar-refractivity contribution in [3.63, 3.8) is 0 Å². The van der Waals surface area contributed by atoms with Crippen molar-refractivity contribution < 1.29 is 45.8 Å². The first kappa shape index (κ1) is 33.6. The number of carboxylic acids is 1. The quantitative estimate of drug-likeness (QED) is 0.109. The number of carboxylic acid groups (broad SMARTS) is 1. The number of anilines is 1. The summed E-state index contributed by atoms with van der Waals surface area (Å²) in [4.78, 5) is 22.7. The highest BCUT2D eigenvalue weighted by Gasteiger charge is 2.38. The number of nitrogens with two attached hydrogens (primary N) is 2. The minimum Gasteiger partial charge on any atom is -0.494 e. The second-order valence-electron chi connectivity index (χ2n) is 8.53. The van der Waals surface area contributed by atoms with Crippen LogP contribution in [-0.2, 0) is 24.3 Å². The Labute approximate surface area is 240 Å². The number of nitrogens with zero attached hydrogens (tertiary/aromatic N) is 1. The molecule has 226 valence electrons. The zero-order valence-electron chi connectivity index (χ0n) is 22.3. The summed E-state index contributed by atoms with van der Waals surface area (Å²) in [6, 6.07) is 20.7. The molecule has 0 heterocycles. The van der Waals surface area contributed by atoms with Gasteiger partial charge < -0.3 is 25.2 Å². The SMILES string of the molecule is COC(=O)CN(CCCOc1ccc(-c2ccccc2S(N)(=O)=O)cc1)c1cccc(C(=N)N)c1.O=C(O)C(F)(F)F. The molecule has 0 saturated heterocycles. The lowest BCUT2D eigenvalue weighted by Gasteiger charge is -2.24. The fraction of sp³-hybridized carbons (Fsp3) is 0.222. The highest BCUT2D eigenvalue weighted by Crippen LogP contribution is 2.28. The van der Waals surface area contributed by atoms with Crippen LogP contribution in [0.3, 0.4) is 0 Å². The number of hydrogen-bond donors (Lipinski definition) is 4. The Morgan fingerprint density at radius 1 is 1.02 bits per heavy atom. The van der Waals surface area contributed by atoms with E-state index >= 15 is 0 Å². The van der Waals surface area contributed by atoms with Crippen molar-refractivity contribution in [3.8, 4) is 16.9 Å². The lowest BCUT2D eigenvalue weighted by atomic mass is 10.1. The molecule has 0 saturated carbocycles. The summed E-state index contributed by atoms with van der Waals surface area (Å²) in [6.07, 6.45) is -4.47. The van der Waals surface area contributed by atoms with E-state index in [1.807, 2.05) is 11.0 Å². The highest BCUT2D eigenvalue weighted by molar-refractivity contribution is 7.89. The monoisotopic (exact) mass is 610 g/mol. The van der Waals surface area contributed by atoms with E-state index in [0.717, 1.165) is 5.69 Å². The first-order chi connectivity index (χ1) is 19.6. The third kappa shape index (κ3) is 10.4. The van der Waals surface area contributed by atoms with Crippen molar-refractivity contribution in [1.29, 1.82) is 5.41 Å². The Kier molecular flexibility index (Phi) is 11.9. The Bertz CT molecular complexity index is 1500. The lowest BCUT2D eigenvalue weighted by molar-refractivity contribution is -0.192. The number of hydrogen-bond acceptors (Lipinski definition) is 8. The third-order valence-corrected chi connectivity index (χ3v) is 6.48. The number of alkyl halides is 3. The van der Waals surface area contributed by atoms with Crippen molar-refractivity contribution in [2.45, 2.75) is 17.5 Å². The summed E-state index contributed by atoms with van der Waals surface area (Å²) in [7, 11) is -2.51. The van der Waals surface area contributed by atoms with Crippen LogP contribution in [0.2, 0.25) is 0 Å². The number of ether oxygens (including phenoxy) is 2. The summed E-state index contributed by atoms with van der Waals surface area (Å²) in [6.45, 7) is 0.948. The molecule has 0 aliphatic heterocycles. The van der Waals surface area contributed by atoms with Gasteiger partial charge in [0.25, 0.3) is 0 Å². The second kappa shape index (κ2) is 14.8. The van der Waals surface area contributed by atoms with Gasteiger partial charge in [-0.3, -0.25) is 10.2 Å². The van der Waals surface area contributed by atoms with E-state index in [1.165, 1.54) is 13.2 Å². The standard InChI is InChI=1S/C25H28N4O5S.C2HF3O2/c1-33-24(30)17-29(20-7-4-6-19(16-20)25(26)27)14-5-15-34-21-12-10-18(11-13-21)22-8-2-3-9-23(22)35(28,31)32;3-2(4,5)1(6)7/h2-4,6-13,16H,5,14-15,17H2,1H3,(H3,26,27)(H2,28,31,32);(H,6,7). The van der Waals surface area contributed by atoms with E-state index in [0.29, 0.717) is 42.0 Å². The van der Waals surface area contributed by atoms with E-state index in [9.17, 15) is 26.4 Å². The number of nitrogens with one attached hydrogen (secondary N) is 1. The van der Waals surface area contributed by atoms with E-state index in [1.54, 1.807) is 60.7 Å². The number of sulfonamides is 1. The van der Waals surface area contributed by atoms with E-state index < -0.39 is 22.2 Å². The summed E-state index contributed by atoms with van der Waals surface area (Å²) < 4.78 is 66.1. The number of methoxy groups -OCH3 is 1. The zero-order valence-corrected chi connectivity index (χ0v) is 23.1. The molecule has 0 aromatic heterocycles. The van der Waals surface area contributed by atoms with Crippen LogP contribution in [0, 0.1) is 5.41 Å². The van der Waals surface area contributed by atoms with Gasteiger partial charge in [-0.1, -0.05) is 42.5 Å². The van der Waals surface area contributed by atoms with Crippen LogP contribution in [0.5, 0.6) is 5.75 Å². The van der Waals surface area contributed by atoms with Gasteiger partial charge in [-0.15, -0.1) is 0 Å². The number of benzene rings is 3. The average Bonchev–Trinajstić information content (AvgIpc) is 2.94. The summed E-state index contributed by atoms with van der Waals surface area (Å²) in [5, 5.41) is 20.1. The maximum absolute atomic E-state index is 11.9. The molecule has 3 rings (SSSR count). The van der Waals surface area contributed by atoms with Gasteiger partial charge in [-0.2, -0.15) is 13.2 Å². The van der Waals surface area contributed by atoms with Crippen molar-refractivity contribution in [2.24, 2.45) is 10.9 Å². The fourth-order valence-electron chi connectivity index (χ4n) is 3.52. The van der Waals surface area contributed by atoms with E-state index in [-0.39, 0.29) is 23.2 Å². The van der Waals surface area contributed by atoms with Gasteiger partial charge >= 0.3 is 18.1 Å². The number of amidine groups is 1. The van der Waals surface area contributed by atoms with Crippen molar-refractivity contribution in [3.05, 3.63) is 78.4 Å². The summed E-state index contributed by atoms with van der Waals surface area (Å²) in [5.41, 5.74) is 8.14. The second-order valence-corrected chi connectivity index (χ2v) is 10.1. The van der Waals surface area contributed by atoms with Crippen molar-refractivity contribution in [1.82, 2.24) is 0 Å². The van der Waals surface area contributed by atoms with Gasteiger partial charge in [0.2, 0.25) is 10.0 Å². The maximum Gasteiger partial charge on any atom is 0.490 e.